The predicted octanol–water partition coefficient (Wildman–Crippen LogP) is 2.36. The highest BCUT2D eigenvalue weighted by atomic mass is 79.9. The van der Waals surface area contributed by atoms with E-state index in [9.17, 15) is 0 Å². The zero-order valence-corrected chi connectivity index (χ0v) is 11.2. The maximum absolute atomic E-state index is 5.90. The number of nitrogens with zero attached hydrogens (tertiary/aromatic N) is 3. The molecule has 0 aliphatic carbocycles. The van der Waals surface area contributed by atoms with E-state index in [1.165, 1.54) is 0 Å². The van der Waals surface area contributed by atoms with Crippen molar-refractivity contribution in [3.05, 3.63) is 34.3 Å². The van der Waals surface area contributed by atoms with E-state index < -0.39 is 0 Å². The number of nitrogen functional groups attached to an aromatic ring is 1. The highest BCUT2D eigenvalue weighted by Gasteiger charge is 2.10. The summed E-state index contributed by atoms with van der Waals surface area (Å²) in [6.07, 6.45) is 1.72. The summed E-state index contributed by atoms with van der Waals surface area (Å²) in [6, 6.07) is 3.72. The second-order valence-electron chi connectivity index (χ2n) is 3.85. The summed E-state index contributed by atoms with van der Waals surface area (Å²) in [7, 11) is 1.91. The van der Waals surface area contributed by atoms with E-state index in [0.717, 1.165) is 21.7 Å². The number of pyridine rings is 1. The fraction of sp³-hybridized carbons (Fsp3) is 0.273. The summed E-state index contributed by atoms with van der Waals surface area (Å²) in [5.41, 5.74) is 7.39. The molecule has 0 saturated carbocycles. The van der Waals surface area contributed by atoms with Crippen LogP contribution in [0.15, 0.2) is 27.3 Å². The van der Waals surface area contributed by atoms with Crippen molar-refractivity contribution in [1.82, 2.24) is 10.1 Å². The molecule has 0 spiro atoms. The summed E-state index contributed by atoms with van der Waals surface area (Å²) >= 11 is 3.33. The molecule has 2 N–H and O–H groups in total. The van der Waals surface area contributed by atoms with Gasteiger partial charge in [0, 0.05) is 23.8 Å². The molecule has 0 saturated heterocycles. The molecule has 0 aliphatic heterocycles. The quantitative estimate of drug-likeness (QED) is 0.942. The van der Waals surface area contributed by atoms with Crippen LogP contribution in [0.3, 0.4) is 0 Å². The van der Waals surface area contributed by atoms with Crippen LogP contribution < -0.4 is 10.6 Å². The first-order valence-electron chi connectivity index (χ1n) is 5.10. The van der Waals surface area contributed by atoms with Crippen LogP contribution in [0, 0.1) is 6.92 Å². The van der Waals surface area contributed by atoms with Crippen molar-refractivity contribution >= 4 is 27.4 Å². The lowest BCUT2D eigenvalue weighted by Gasteiger charge is -2.18. The number of aryl methyl sites for hydroxylation is 1. The van der Waals surface area contributed by atoms with E-state index in [1.54, 1.807) is 6.20 Å². The van der Waals surface area contributed by atoms with E-state index in [1.807, 2.05) is 31.0 Å². The molecule has 0 fully saturated rings. The Kier molecular flexibility index (Phi) is 3.33. The Bertz CT molecular complexity index is 526. The van der Waals surface area contributed by atoms with Gasteiger partial charge < -0.3 is 15.2 Å². The van der Waals surface area contributed by atoms with E-state index in [2.05, 4.69) is 26.1 Å². The fourth-order valence-corrected chi connectivity index (χ4v) is 1.93. The summed E-state index contributed by atoms with van der Waals surface area (Å²) in [5, 5.41) is 3.93. The SMILES string of the molecule is Cc1cc(CN(C)c2ncc(Br)cc2N)no1. The van der Waals surface area contributed by atoms with Crippen LogP contribution in [-0.2, 0) is 6.54 Å². The molecule has 2 heterocycles. The molecule has 0 atom stereocenters. The Morgan fingerprint density at radius 1 is 1.47 bits per heavy atom. The average Bonchev–Trinajstić information content (AvgIpc) is 2.63. The number of hydrogen-bond acceptors (Lipinski definition) is 5. The molecule has 0 amide bonds. The zero-order chi connectivity index (χ0) is 12.4. The third kappa shape index (κ3) is 2.76. The zero-order valence-electron chi connectivity index (χ0n) is 9.64. The minimum Gasteiger partial charge on any atom is -0.396 e. The molecule has 2 aromatic rings. The Morgan fingerprint density at radius 2 is 2.24 bits per heavy atom. The van der Waals surface area contributed by atoms with Gasteiger partial charge in [0.25, 0.3) is 0 Å². The van der Waals surface area contributed by atoms with Gasteiger partial charge in [-0.15, -0.1) is 0 Å². The molecule has 0 aliphatic rings. The number of aromatic nitrogens is 2. The summed E-state index contributed by atoms with van der Waals surface area (Å²) in [5.74, 6) is 1.53. The number of halogens is 1. The summed E-state index contributed by atoms with van der Waals surface area (Å²) in [4.78, 5) is 6.21. The second-order valence-corrected chi connectivity index (χ2v) is 4.77. The molecule has 5 nitrogen and oxygen atoms in total. The van der Waals surface area contributed by atoms with Gasteiger partial charge in [0.1, 0.15) is 11.5 Å². The van der Waals surface area contributed by atoms with Gasteiger partial charge in [0.15, 0.2) is 5.82 Å². The van der Waals surface area contributed by atoms with Gasteiger partial charge in [-0.2, -0.15) is 0 Å². The van der Waals surface area contributed by atoms with Crippen LogP contribution in [0.5, 0.6) is 0 Å². The molecule has 0 radical (unpaired) electrons. The molecular formula is C11H13BrN4O. The van der Waals surface area contributed by atoms with Crippen molar-refractivity contribution < 1.29 is 4.52 Å². The van der Waals surface area contributed by atoms with Crippen LogP contribution in [-0.4, -0.2) is 17.2 Å². The molecule has 0 bridgehead atoms. The van der Waals surface area contributed by atoms with Crippen LogP contribution in [0.2, 0.25) is 0 Å². The monoisotopic (exact) mass is 296 g/mol. The third-order valence-corrected chi connectivity index (χ3v) is 2.73. The highest BCUT2D eigenvalue weighted by Crippen LogP contribution is 2.23. The largest absolute Gasteiger partial charge is 0.396 e. The first-order chi connectivity index (χ1) is 8.06. The minimum atomic E-state index is 0.607. The molecule has 6 heteroatoms. The van der Waals surface area contributed by atoms with Gasteiger partial charge in [-0.1, -0.05) is 5.16 Å². The van der Waals surface area contributed by atoms with Crippen molar-refractivity contribution in [2.75, 3.05) is 17.7 Å². The molecular weight excluding hydrogens is 284 g/mol. The topological polar surface area (TPSA) is 68.2 Å². The Balaban J connectivity index is 2.17. The first kappa shape index (κ1) is 11.9. The van der Waals surface area contributed by atoms with Crippen molar-refractivity contribution in [3.8, 4) is 0 Å². The smallest absolute Gasteiger partial charge is 0.151 e. The van der Waals surface area contributed by atoms with Crippen molar-refractivity contribution in [2.45, 2.75) is 13.5 Å². The van der Waals surface area contributed by atoms with Crippen molar-refractivity contribution in [2.24, 2.45) is 0 Å². The van der Waals surface area contributed by atoms with Crippen LogP contribution in [0.1, 0.15) is 11.5 Å². The van der Waals surface area contributed by atoms with E-state index in [-0.39, 0.29) is 0 Å². The maximum atomic E-state index is 5.90. The lowest BCUT2D eigenvalue weighted by atomic mass is 10.3. The van der Waals surface area contributed by atoms with Gasteiger partial charge >= 0.3 is 0 Å². The summed E-state index contributed by atoms with van der Waals surface area (Å²) in [6.45, 7) is 2.47. The highest BCUT2D eigenvalue weighted by molar-refractivity contribution is 9.10. The molecule has 0 aromatic carbocycles. The molecule has 0 unspecified atom stereocenters. The number of nitrogens with two attached hydrogens (primary N) is 1. The van der Waals surface area contributed by atoms with Crippen molar-refractivity contribution in [3.63, 3.8) is 0 Å². The van der Waals surface area contributed by atoms with E-state index in [4.69, 9.17) is 10.3 Å². The van der Waals surface area contributed by atoms with Crippen LogP contribution in [0.25, 0.3) is 0 Å². The van der Waals surface area contributed by atoms with Crippen LogP contribution >= 0.6 is 15.9 Å². The molecule has 17 heavy (non-hydrogen) atoms. The fourth-order valence-electron chi connectivity index (χ4n) is 1.58. The lowest BCUT2D eigenvalue weighted by Crippen LogP contribution is -2.19. The van der Waals surface area contributed by atoms with E-state index in [0.29, 0.717) is 12.2 Å². The van der Waals surface area contributed by atoms with Crippen LogP contribution in [0.4, 0.5) is 11.5 Å². The summed E-state index contributed by atoms with van der Waals surface area (Å²) < 4.78 is 5.88. The first-order valence-corrected chi connectivity index (χ1v) is 5.90. The Labute approximate surface area is 108 Å². The van der Waals surface area contributed by atoms with Gasteiger partial charge in [-0.3, -0.25) is 0 Å². The molecule has 90 valence electrons. The maximum Gasteiger partial charge on any atom is 0.151 e. The Morgan fingerprint density at radius 3 is 2.82 bits per heavy atom. The van der Waals surface area contributed by atoms with Gasteiger partial charge in [-0.05, 0) is 28.9 Å². The standard InChI is InChI=1S/C11H13BrN4O/c1-7-3-9(15-17-7)6-16(2)11-10(13)4-8(12)5-14-11/h3-5H,6,13H2,1-2H3. The second kappa shape index (κ2) is 4.75. The molecule has 2 rings (SSSR count). The molecule has 2 aromatic heterocycles. The normalized spacial score (nSPS) is 10.5. The average molecular weight is 297 g/mol. The minimum absolute atomic E-state index is 0.607. The van der Waals surface area contributed by atoms with Gasteiger partial charge in [0.05, 0.1) is 12.2 Å². The van der Waals surface area contributed by atoms with E-state index >= 15 is 0 Å². The number of anilines is 2. The van der Waals surface area contributed by atoms with Gasteiger partial charge in [-0.25, -0.2) is 4.98 Å². The number of hydrogen-bond donors (Lipinski definition) is 1. The number of rotatable bonds is 3. The van der Waals surface area contributed by atoms with Crippen molar-refractivity contribution in [1.29, 1.82) is 0 Å². The van der Waals surface area contributed by atoms with Gasteiger partial charge in [0.2, 0.25) is 0 Å². The Hall–Kier alpha value is -1.56. The third-order valence-electron chi connectivity index (χ3n) is 2.30. The predicted molar refractivity (Wildman–Crippen MR) is 69.7 cm³/mol. The lowest BCUT2D eigenvalue weighted by molar-refractivity contribution is 0.390.